The van der Waals surface area contributed by atoms with Crippen molar-refractivity contribution >= 4 is 5.96 Å². The molecule has 0 atom stereocenters. The third-order valence-electron chi connectivity index (χ3n) is 5.03. The van der Waals surface area contributed by atoms with Crippen LogP contribution in [0.1, 0.15) is 44.7 Å². The molecule has 1 aliphatic heterocycles. The Balaban J connectivity index is 1.81. The highest BCUT2D eigenvalue weighted by molar-refractivity contribution is 5.79. The lowest BCUT2D eigenvalue weighted by atomic mass is 10.1. The maximum Gasteiger partial charge on any atom is 0.191 e. The number of nitrogens with zero attached hydrogens (tertiary/aromatic N) is 3. The molecule has 0 bridgehead atoms. The average Bonchev–Trinajstić information content (AvgIpc) is 3.13. The van der Waals surface area contributed by atoms with Gasteiger partial charge in [0.05, 0.1) is 6.54 Å². The molecule has 5 nitrogen and oxygen atoms in total. The van der Waals surface area contributed by atoms with Gasteiger partial charge in [0.1, 0.15) is 0 Å². The van der Waals surface area contributed by atoms with Crippen LogP contribution in [0.15, 0.2) is 29.3 Å². The van der Waals surface area contributed by atoms with Gasteiger partial charge in [-0.15, -0.1) is 0 Å². The summed E-state index contributed by atoms with van der Waals surface area (Å²) in [5, 5.41) is 6.76. The number of aliphatic imine (C=N–C) groups is 1. The number of nitrogens with one attached hydrogen (secondary N) is 2. The molecule has 5 heteroatoms. The van der Waals surface area contributed by atoms with Crippen LogP contribution < -0.4 is 10.6 Å². The standard InChI is InChI=1S/C21H37N5/c1-5-22-21(23-12-15-25(4)18(2)3)24-16-19-8-10-20(11-9-19)17-26-13-6-7-14-26/h8-11,18H,5-7,12-17H2,1-4H3,(H2,22,23,24). The van der Waals surface area contributed by atoms with Crippen LogP contribution in [0.2, 0.25) is 0 Å². The minimum Gasteiger partial charge on any atom is -0.357 e. The van der Waals surface area contributed by atoms with Crippen LogP contribution in [-0.4, -0.2) is 61.6 Å². The van der Waals surface area contributed by atoms with E-state index in [2.05, 4.69) is 72.5 Å². The third kappa shape index (κ3) is 7.34. The van der Waals surface area contributed by atoms with Crippen molar-refractivity contribution in [3.05, 3.63) is 35.4 Å². The smallest absolute Gasteiger partial charge is 0.191 e. The Kier molecular flexibility index (Phi) is 8.92. The monoisotopic (exact) mass is 359 g/mol. The molecule has 1 aliphatic rings. The van der Waals surface area contributed by atoms with Gasteiger partial charge in [-0.2, -0.15) is 0 Å². The van der Waals surface area contributed by atoms with Crippen molar-refractivity contribution in [2.45, 2.75) is 52.7 Å². The van der Waals surface area contributed by atoms with E-state index in [1.807, 2.05) is 0 Å². The Morgan fingerprint density at radius 2 is 1.77 bits per heavy atom. The summed E-state index contributed by atoms with van der Waals surface area (Å²) in [6.07, 6.45) is 2.69. The topological polar surface area (TPSA) is 42.9 Å². The summed E-state index contributed by atoms with van der Waals surface area (Å²) >= 11 is 0. The van der Waals surface area contributed by atoms with Gasteiger partial charge in [0.15, 0.2) is 5.96 Å². The molecular weight excluding hydrogens is 322 g/mol. The van der Waals surface area contributed by atoms with Crippen LogP contribution in [0.3, 0.4) is 0 Å². The summed E-state index contributed by atoms with van der Waals surface area (Å²) in [5.41, 5.74) is 2.66. The molecule has 2 rings (SSSR count). The Morgan fingerprint density at radius 3 is 2.38 bits per heavy atom. The lowest BCUT2D eigenvalue weighted by Crippen LogP contribution is -2.42. The van der Waals surface area contributed by atoms with Crippen LogP contribution in [0.4, 0.5) is 0 Å². The first-order chi connectivity index (χ1) is 12.6. The van der Waals surface area contributed by atoms with Gasteiger partial charge in [-0.3, -0.25) is 4.90 Å². The van der Waals surface area contributed by atoms with Gasteiger partial charge in [0.25, 0.3) is 0 Å². The largest absolute Gasteiger partial charge is 0.357 e. The summed E-state index contributed by atoms with van der Waals surface area (Å²) in [6, 6.07) is 9.49. The molecule has 0 unspecified atom stereocenters. The van der Waals surface area contributed by atoms with Crippen LogP contribution in [0.5, 0.6) is 0 Å². The molecule has 26 heavy (non-hydrogen) atoms. The number of likely N-dealkylation sites (tertiary alicyclic amines) is 1. The lowest BCUT2D eigenvalue weighted by Gasteiger charge is -2.21. The minimum absolute atomic E-state index is 0.565. The van der Waals surface area contributed by atoms with Crippen LogP contribution in [-0.2, 0) is 13.1 Å². The first kappa shape index (κ1) is 20.7. The molecule has 0 radical (unpaired) electrons. The summed E-state index contributed by atoms with van der Waals surface area (Å²) in [7, 11) is 2.15. The second kappa shape index (κ2) is 11.2. The van der Waals surface area contributed by atoms with E-state index in [0.29, 0.717) is 12.6 Å². The Bertz CT molecular complexity index is 532. The Labute approximate surface area is 159 Å². The van der Waals surface area contributed by atoms with E-state index in [1.165, 1.54) is 37.1 Å². The molecule has 1 saturated heterocycles. The van der Waals surface area contributed by atoms with Gasteiger partial charge in [-0.1, -0.05) is 24.3 Å². The molecule has 1 aromatic carbocycles. The molecule has 0 aliphatic carbocycles. The number of rotatable bonds is 9. The van der Waals surface area contributed by atoms with Gasteiger partial charge < -0.3 is 15.5 Å². The van der Waals surface area contributed by atoms with E-state index in [9.17, 15) is 0 Å². The first-order valence-electron chi connectivity index (χ1n) is 10.1. The van der Waals surface area contributed by atoms with Gasteiger partial charge >= 0.3 is 0 Å². The predicted octanol–water partition coefficient (Wildman–Crippen LogP) is 2.68. The molecule has 1 heterocycles. The van der Waals surface area contributed by atoms with E-state index in [4.69, 9.17) is 4.99 Å². The number of benzene rings is 1. The van der Waals surface area contributed by atoms with Crippen molar-refractivity contribution in [2.75, 3.05) is 39.8 Å². The quantitative estimate of drug-likeness (QED) is 0.525. The predicted molar refractivity (Wildman–Crippen MR) is 112 cm³/mol. The SMILES string of the molecule is CCNC(=NCc1ccc(CN2CCCC2)cc1)NCCN(C)C(C)C. The van der Waals surface area contributed by atoms with Crippen molar-refractivity contribution in [1.82, 2.24) is 20.4 Å². The van der Waals surface area contributed by atoms with Crippen LogP contribution in [0, 0.1) is 0 Å². The van der Waals surface area contributed by atoms with Gasteiger partial charge in [0, 0.05) is 32.2 Å². The van der Waals surface area contributed by atoms with E-state index in [1.54, 1.807) is 0 Å². The summed E-state index contributed by atoms with van der Waals surface area (Å²) in [4.78, 5) is 9.59. The number of hydrogen-bond acceptors (Lipinski definition) is 3. The van der Waals surface area contributed by atoms with Crippen molar-refractivity contribution in [2.24, 2.45) is 4.99 Å². The van der Waals surface area contributed by atoms with E-state index < -0.39 is 0 Å². The second-order valence-electron chi connectivity index (χ2n) is 7.50. The zero-order valence-electron chi connectivity index (χ0n) is 17.1. The fourth-order valence-electron chi connectivity index (χ4n) is 3.07. The Morgan fingerprint density at radius 1 is 1.12 bits per heavy atom. The molecule has 0 amide bonds. The van der Waals surface area contributed by atoms with Crippen molar-refractivity contribution in [1.29, 1.82) is 0 Å². The van der Waals surface area contributed by atoms with E-state index in [0.717, 1.165) is 32.1 Å². The maximum absolute atomic E-state index is 4.72. The van der Waals surface area contributed by atoms with Crippen molar-refractivity contribution in [3.63, 3.8) is 0 Å². The van der Waals surface area contributed by atoms with E-state index in [-0.39, 0.29) is 0 Å². The highest BCUT2D eigenvalue weighted by Gasteiger charge is 2.11. The molecule has 2 N–H and O–H groups in total. The summed E-state index contributed by atoms with van der Waals surface area (Å²) in [6.45, 7) is 13.6. The zero-order chi connectivity index (χ0) is 18.8. The van der Waals surface area contributed by atoms with Gasteiger partial charge in [-0.05, 0) is 64.9 Å². The fraction of sp³-hybridized carbons (Fsp3) is 0.667. The number of likely N-dealkylation sites (N-methyl/N-ethyl adjacent to an activating group) is 1. The Hall–Kier alpha value is -1.59. The van der Waals surface area contributed by atoms with Gasteiger partial charge in [-0.25, -0.2) is 4.99 Å². The van der Waals surface area contributed by atoms with Crippen molar-refractivity contribution < 1.29 is 0 Å². The maximum atomic E-state index is 4.72. The highest BCUT2D eigenvalue weighted by Crippen LogP contribution is 2.13. The normalized spacial score (nSPS) is 15.8. The zero-order valence-corrected chi connectivity index (χ0v) is 17.1. The van der Waals surface area contributed by atoms with Gasteiger partial charge in [0.2, 0.25) is 0 Å². The molecule has 0 spiro atoms. The van der Waals surface area contributed by atoms with E-state index >= 15 is 0 Å². The molecular formula is C21H37N5. The average molecular weight is 360 g/mol. The minimum atomic E-state index is 0.565. The molecule has 1 aromatic rings. The number of guanidine groups is 1. The first-order valence-corrected chi connectivity index (χ1v) is 10.1. The lowest BCUT2D eigenvalue weighted by molar-refractivity contribution is 0.278. The van der Waals surface area contributed by atoms with Crippen LogP contribution >= 0.6 is 0 Å². The molecule has 0 aromatic heterocycles. The highest BCUT2D eigenvalue weighted by atomic mass is 15.2. The molecule has 146 valence electrons. The van der Waals surface area contributed by atoms with Crippen molar-refractivity contribution in [3.8, 4) is 0 Å². The molecule has 1 fully saturated rings. The number of hydrogen-bond donors (Lipinski definition) is 2. The van der Waals surface area contributed by atoms with Crippen LogP contribution in [0.25, 0.3) is 0 Å². The second-order valence-corrected chi connectivity index (χ2v) is 7.50. The third-order valence-corrected chi connectivity index (χ3v) is 5.03. The summed E-state index contributed by atoms with van der Waals surface area (Å²) < 4.78 is 0. The fourth-order valence-corrected chi connectivity index (χ4v) is 3.07. The molecule has 0 saturated carbocycles. The summed E-state index contributed by atoms with van der Waals surface area (Å²) in [5.74, 6) is 0.894.